The highest BCUT2D eigenvalue weighted by Crippen LogP contribution is 2.35. The van der Waals surface area contributed by atoms with E-state index in [9.17, 15) is 9.59 Å². The minimum absolute atomic E-state index is 0.121. The molecule has 6 heteroatoms. The van der Waals surface area contributed by atoms with E-state index in [1.165, 1.54) is 12.1 Å². The molecule has 0 spiro atoms. The summed E-state index contributed by atoms with van der Waals surface area (Å²) >= 11 is 11.8. The maximum atomic E-state index is 12.1. The number of carbonyl (C=O) groups excluding carboxylic acids is 2. The Morgan fingerprint density at radius 2 is 1.96 bits per heavy atom. The molecular weight excluding hydrogens is 363 g/mol. The second kappa shape index (κ2) is 8.91. The van der Waals surface area contributed by atoms with Crippen LogP contribution in [0.25, 0.3) is 0 Å². The molecule has 1 saturated carbocycles. The van der Waals surface area contributed by atoms with E-state index in [4.69, 9.17) is 32.7 Å². The second-order valence-corrected chi connectivity index (χ2v) is 7.90. The average Bonchev–Trinajstić information content (AvgIpc) is 2.54. The number of hydrogen-bond donors (Lipinski definition) is 0. The number of carbonyl (C=O) groups is 2. The summed E-state index contributed by atoms with van der Waals surface area (Å²) in [4.78, 5) is 24.2. The van der Waals surface area contributed by atoms with Gasteiger partial charge in [-0.25, -0.2) is 9.59 Å². The van der Waals surface area contributed by atoms with Gasteiger partial charge in [-0.1, -0.05) is 50.4 Å². The van der Waals surface area contributed by atoms with Gasteiger partial charge in [0.15, 0.2) is 6.61 Å². The standard InChI is InChI=1S/C19H24Cl2O4/c1-11(2)14-6-4-12(3)8-17(14)25-18(22)10-24-19(23)15-9-13(20)5-7-16(15)21/h5,7,9,11-12,14,17H,4,6,8,10H2,1-3H3/t12-,14+,17+/m0/s1. The van der Waals surface area contributed by atoms with Crippen molar-refractivity contribution in [3.8, 4) is 0 Å². The highest BCUT2D eigenvalue weighted by molar-refractivity contribution is 6.35. The maximum Gasteiger partial charge on any atom is 0.344 e. The number of rotatable bonds is 5. The number of halogens is 2. The molecule has 138 valence electrons. The molecule has 0 N–H and O–H groups in total. The number of hydrogen-bond acceptors (Lipinski definition) is 4. The molecule has 0 aliphatic heterocycles. The molecule has 0 amide bonds. The molecule has 1 aliphatic rings. The molecule has 2 rings (SSSR count). The van der Waals surface area contributed by atoms with E-state index >= 15 is 0 Å². The van der Waals surface area contributed by atoms with Gasteiger partial charge in [0.1, 0.15) is 6.10 Å². The Labute approximate surface area is 158 Å². The fourth-order valence-electron chi connectivity index (χ4n) is 3.31. The number of esters is 2. The third-order valence-electron chi connectivity index (χ3n) is 4.71. The van der Waals surface area contributed by atoms with Gasteiger partial charge in [0.05, 0.1) is 10.6 Å². The first-order valence-corrected chi connectivity index (χ1v) is 9.35. The molecule has 1 aliphatic carbocycles. The molecule has 1 aromatic rings. The summed E-state index contributed by atoms with van der Waals surface area (Å²) in [5.74, 6) is 0.0927. The van der Waals surface area contributed by atoms with Crippen LogP contribution in [0, 0.1) is 17.8 Å². The van der Waals surface area contributed by atoms with Crippen molar-refractivity contribution >= 4 is 35.1 Å². The van der Waals surface area contributed by atoms with Crippen molar-refractivity contribution in [3.63, 3.8) is 0 Å². The fraction of sp³-hybridized carbons (Fsp3) is 0.579. The van der Waals surface area contributed by atoms with Crippen LogP contribution in [0.2, 0.25) is 10.0 Å². The van der Waals surface area contributed by atoms with E-state index in [0.29, 0.717) is 22.8 Å². The van der Waals surface area contributed by atoms with E-state index in [1.54, 1.807) is 6.07 Å². The van der Waals surface area contributed by atoms with Gasteiger partial charge in [-0.3, -0.25) is 0 Å². The summed E-state index contributed by atoms with van der Waals surface area (Å²) in [5.41, 5.74) is 0.133. The summed E-state index contributed by atoms with van der Waals surface area (Å²) in [6.07, 6.45) is 2.93. The van der Waals surface area contributed by atoms with E-state index in [1.807, 2.05) is 0 Å². The van der Waals surface area contributed by atoms with Gasteiger partial charge in [-0.15, -0.1) is 0 Å². The van der Waals surface area contributed by atoms with E-state index < -0.39 is 18.5 Å². The Kier molecular flexibility index (Phi) is 7.14. The van der Waals surface area contributed by atoms with Crippen molar-refractivity contribution in [2.24, 2.45) is 17.8 Å². The number of ether oxygens (including phenoxy) is 2. The first kappa shape index (κ1) is 20.1. The monoisotopic (exact) mass is 386 g/mol. The van der Waals surface area contributed by atoms with Crippen molar-refractivity contribution in [1.82, 2.24) is 0 Å². The lowest BCUT2D eigenvalue weighted by Gasteiger charge is -2.36. The lowest BCUT2D eigenvalue weighted by Crippen LogP contribution is -2.36. The second-order valence-electron chi connectivity index (χ2n) is 7.05. The smallest absolute Gasteiger partial charge is 0.344 e. The molecule has 4 nitrogen and oxygen atoms in total. The Morgan fingerprint density at radius 1 is 1.24 bits per heavy atom. The Balaban J connectivity index is 1.91. The highest BCUT2D eigenvalue weighted by Gasteiger charge is 2.33. The van der Waals surface area contributed by atoms with Gasteiger partial charge in [0.25, 0.3) is 0 Å². The van der Waals surface area contributed by atoms with Crippen LogP contribution in [0.5, 0.6) is 0 Å². The van der Waals surface area contributed by atoms with Crippen LogP contribution in [0.15, 0.2) is 18.2 Å². The molecule has 25 heavy (non-hydrogen) atoms. The lowest BCUT2D eigenvalue weighted by molar-refractivity contribution is -0.159. The molecule has 0 radical (unpaired) electrons. The summed E-state index contributed by atoms with van der Waals surface area (Å²) in [6.45, 7) is 6.02. The predicted molar refractivity (Wildman–Crippen MR) is 98.0 cm³/mol. The van der Waals surface area contributed by atoms with Crippen LogP contribution in [0.1, 0.15) is 50.4 Å². The minimum Gasteiger partial charge on any atom is -0.460 e. The molecule has 0 unspecified atom stereocenters. The largest absolute Gasteiger partial charge is 0.460 e. The molecule has 3 atom stereocenters. The van der Waals surface area contributed by atoms with Crippen molar-refractivity contribution in [3.05, 3.63) is 33.8 Å². The van der Waals surface area contributed by atoms with Gasteiger partial charge in [-0.05, 0) is 48.8 Å². The van der Waals surface area contributed by atoms with Crippen LogP contribution >= 0.6 is 23.2 Å². The Hall–Kier alpha value is -1.26. The highest BCUT2D eigenvalue weighted by atomic mass is 35.5. The lowest BCUT2D eigenvalue weighted by atomic mass is 9.75. The van der Waals surface area contributed by atoms with E-state index in [0.717, 1.165) is 19.3 Å². The molecular formula is C19H24Cl2O4. The van der Waals surface area contributed by atoms with Crippen LogP contribution in [-0.4, -0.2) is 24.6 Å². The molecule has 0 aromatic heterocycles. The SMILES string of the molecule is CC(C)[C@H]1CC[C@H](C)C[C@H]1OC(=O)COC(=O)c1cc(Cl)ccc1Cl. The van der Waals surface area contributed by atoms with Gasteiger partial charge in [0.2, 0.25) is 0 Å². The minimum atomic E-state index is -0.693. The summed E-state index contributed by atoms with van der Waals surface area (Å²) in [5, 5.41) is 0.596. The van der Waals surface area contributed by atoms with Crippen molar-refractivity contribution in [2.75, 3.05) is 6.61 Å². The Morgan fingerprint density at radius 3 is 2.64 bits per heavy atom. The third-order valence-corrected chi connectivity index (χ3v) is 5.28. The quantitative estimate of drug-likeness (QED) is 0.656. The molecule has 1 aromatic carbocycles. The maximum absolute atomic E-state index is 12.1. The zero-order valence-corrected chi connectivity index (χ0v) is 16.3. The Bertz CT molecular complexity index is 630. The molecule has 0 bridgehead atoms. The summed E-state index contributed by atoms with van der Waals surface area (Å²) in [7, 11) is 0. The van der Waals surface area contributed by atoms with Crippen molar-refractivity contribution < 1.29 is 19.1 Å². The fourth-order valence-corrected chi connectivity index (χ4v) is 3.68. The zero-order chi connectivity index (χ0) is 18.6. The molecule has 0 saturated heterocycles. The third kappa shape index (κ3) is 5.61. The topological polar surface area (TPSA) is 52.6 Å². The predicted octanol–water partition coefficient (Wildman–Crippen LogP) is 5.15. The van der Waals surface area contributed by atoms with Gasteiger partial charge in [-0.2, -0.15) is 0 Å². The van der Waals surface area contributed by atoms with Crippen LogP contribution in [-0.2, 0) is 14.3 Å². The van der Waals surface area contributed by atoms with Gasteiger partial charge < -0.3 is 9.47 Å². The van der Waals surface area contributed by atoms with Crippen LogP contribution < -0.4 is 0 Å². The van der Waals surface area contributed by atoms with Crippen LogP contribution in [0.4, 0.5) is 0 Å². The summed E-state index contributed by atoms with van der Waals surface area (Å²) < 4.78 is 10.6. The van der Waals surface area contributed by atoms with Crippen LogP contribution in [0.3, 0.4) is 0 Å². The van der Waals surface area contributed by atoms with Gasteiger partial charge >= 0.3 is 11.9 Å². The first-order valence-electron chi connectivity index (χ1n) is 8.59. The van der Waals surface area contributed by atoms with Crippen molar-refractivity contribution in [1.29, 1.82) is 0 Å². The summed E-state index contributed by atoms with van der Waals surface area (Å²) in [6, 6.07) is 4.50. The normalized spacial score (nSPS) is 23.4. The van der Waals surface area contributed by atoms with Crippen molar-refractivity contribution in [2.45, 2.75) is 46.1 Å². The molecule has 1 fully saturated rings. The van der Waals surface area contributed by atoms with E-state index in [2.05, 4.69) is 20.8 Å². The first-order chi connectivity index (χ1) is 11.8. The average molecular weight is 387 g/mol. The number of benzene rings is 1. The van der Waals surface area contributed by atoms with Gasteiger partial charge in [0, 0.05) is 5.02 Å². The van der Waals surface area contributed by atoms with E-state index in [-0.39, 0.29) is 16.7 Å². The molecule has 0 heterocycles. The zero-order valence-electron chi connectivity index (χ0n) is 14.8.